The van der Waals surface area contributed by atoms with Crippen LogP contribution in [0.4, 0.5) is 0 Å². The maximum Gasteiger partial charge on any atom is 0.0483 e. The zero-order valence-corrected chi connectivity index (χ0v) is 11.5. The Labute approximate surface area is 116 Å². The zero-order valence-electron chi connectivity index (χ0n) is 10.7. The van der Waals surface area contributed by atoms with Crippen molar-refractivity contribution in [3.8, 4) is 0 Å². The van der Waals surface area contributed by atoms with E-state index in [1.807, 2.05) is 0 Å². The first-order chi connectivity index (χ1) is 9.31. The van der Waals surface area contributed by atoms with Crippen molar-refractivity contribution in [1.82, 2.24) is 0 Å². The summed E-state index contributed by atoms with van der Waals surface area (Å²) in [5.74, 6) is 0.565. The molecule has 1 heteroatoms. The second-order valence-corrected chi connectivity index (χ2v) is 5.38. The number of benzene rings is 4. The van der Waals surface area contributed by atoms with Gasteiger partial charge < -0.3 is 0 Å². The highest BCUT2D eigenvalue weighted by atomic mass is 35.5. The van der Waals surface area contributed by atoms with E-state index in [-0.39, 0.29) is 0 Å². The highest BCUT2D eigenvalue weighted by Crippen LogP contribution is 2.39. The molecule has 0 aromatic heterocycles. The van der Waals surface area contributed by atoms with E-state index < -0.39 is 0 Å². The van der Waals surface area contributed by atoms with Gasteiger partial charge in [0, 0.05) is 5.88 Å². The molecule has 4 aromatic rings. The van der Waals surface area contributed by atoms with Crippen LogP contribution >= 0.6 is 11.6 Å². The fraction of sp³-hybridized carbons (Fsp3) is 0.111. The average molecular weight is 265 g/mol. The van der Waals surface area contributed by atoms with Gasteiger partial charge in [-0.05, 0) is 50.4 Å². The van der Waals surface area contributed by atoms with Crippen molar-refractivity contribution in [3.05, 3.63) is 59.7 Å². The van der Waals surface area contributed by atoms with Crippen LogP contribution in [0.2, 0.25) is 0 Å². The molecule has 0 saturated heterocycles. The lowest BCUT2D eigenvalue weighted by Gasteiger charge is -2.16. The Bertz CT molecular complexity index is 906. The van der Waals surface area contributed by atoms with E-state index in [0.717, 1.165) is 0 Å². The summed E-state index contributed by atoms with van der Waals surface area (Å²) in [5, 5.41) is 7.98. The zero-order chi connectivity index (χ0) is 13.0. The van der Waals surface area contributed by atoms with Crippen molar-refractivity contribution in [2.75, 3.05) is 0 Å². The van der Waals surface area contributed by atoms with Gasteiger partial charge in [-0.2, -0.15) is 0 Å². The SMILES string of the molecule is Cc1c(CCl)c2cccc3ccc4cccc1c4c32. The summed E-state index contributed by atoms with van der Waals surface area (Å²) in [4.78, 5) is 0. The summed E-state index contributed by atoms with van der Waals surface area (Å²) in [6, 6.07) is 17.4. The van der Waals surface area contributed by atoms with Gasteiger partial charge in [-0.15, -0.1) is 11.6 Å². The van der Waals surface area contributed by atoms with Gasteiger partial charge in [0.2, 0.25) is 0 Å². The number of aryl methyl sites for hydroxylation is 1. The summed E-state index contributed by atoms with van der Waals surface area (Å²) >= 11 is 6.20. The van der Waals surface area contributed by atoms with Crippen LogP contribution in [0, 0.1) is 6.92 Å². The molecule has 0 aliphatic rings. The first-order valence-corrected chi connectivity index (χ1v) is 7.05. The van der Waals surface area contributed by atoms with Gasteiger partial charge in [0.25, 0.3) is 0 Å². The largest absolute Gasteiger partial charge is 0.122 e. The molecule has 0 radical (unpaired) electrons. The molecule has 0 amide bonds. The van der Waals surface area contributed by atoms with Crippen molar-refractivity contribution in [2.24, 2.45) is 0 Å². The molecular weight excluding hydrogens is 252 g/mol. The van der Waals surface area contributed by atoms with E-state index in [9.17, 15) is 0 Å². The Kier molecular flexibility index (Phi) is 2.24. The Balaban J connectivity index is 2.46. The highest BCUT2D eigenvalue weighted by Gasteiger charge is 2.13. The van der Waals surface area contributed by atoms with Crippen molar-refractivity contribution in [3.63, 3.8) is 0 Å². The smallest absolute Gasteiger partial charge is 0.0483 e. The molecule has 0 aliphatic heterocycles. The number of hydrogen-bond donors (Lipinski definition) is 0. The van der Waals surface area contributed by atoms with Crippen LogP contribution in [0.5, 0.6) is 0 Å². The Morgan fingerprint density at radius 1 is 0.789 bits per heavy atom. The second-order valence-electron chi connectivity index (χ2n) is 5.11. The van der Waals surface area contributed by atoms with Crippen LogP contribution in [0.15, 0.2) is 48.5 Å². The number of alkyl halides is 1. The molecule has 0 atom stereocenters. The van der Waals surface area contributed by atoms with Crippen LogP contribution < -0.4 is 0 Å². The third-order valence-corrected chi connectivity index (χ3v) is 4.47. The Morgan fingerprint density at radius 2 is 1.37 bits per heavy atom. The molecule has 19 heavy (non-hydrogen) atoms. The highest BCUT2D eigenvalue weighted by molar-refractivity contribution is 6.26. The van der Waals surface area contributed by atoms with Gasteiger partial charge >= 0.3 is 0 Å². The van der Waals surface area contributed by atoms with Gasteiger partial charge in [-0.25, -0.2) is 0 Å². The van der Waals surface area contributed by atoms with E-state index in [0.29, 0.717) is 5.88 Å². The summed E-state index contributed by atoms with van der Waals surface area (Å²) in [6.45, 7) is 2.18. The van der Waals surface area contributed by atoms with Gasteiger partial charge in [0.1, 0.15) is 0 Å². The number of rotatable bonds is 1. The fourth-order valence-corrected chi connectivity index (χ4v) is 3.60. The standard InChI is InChI=1S/C18H13Cl/c1-11-14-6-2-4-12-8-9-13-5-3-7-15(16(11)10-19)18(13)17(12)14/h2-9H,10H2,1H3. The van der Waals surface area contributed by atoms with E-state index in [1.54, 1.807) is 0 Å². The fourth-order valence-electron chi connectivity index (χ4n) is 3.26. The van der Waals surface area contributed by atoms with E-state index in [1.165, 1.54) is 43.4 Å². The molecular formula is C18H13Cl. The molecule has 0 saturated carbocycles. The lowest BCUT2D eigenvalue weighted by Crippen LogP contribution is -1.93. The van der Waals surface area contributed by atoms with Crippen molar-refractivity contribution in [1.29, 1.82) is 0 Å². The topological polar surface area (TPSA) is 0 Å². The van der Waals surface area contributed by atoms with Crippen molar-refractivity contribution < 1.29 is 0 Å². The van der Waals surface area contributed by atoms with Gasteiger partial charge in [0.05, 0.1) is 0 Å². The van der Waals surface area contributed by atoms with E-state index in [4.69, 9.17) is 11.6 Å². The molecule has 4 aromatic carbocycles. The molecule has 0 N–H and O–H groups in total. The molecule has 0 heterocycles. The Hall–Kier alpha value is -1.79. The summed E-state index contributed by atoms with van der Waals surface area (Å²) < 4.78 is 0. The van der Waals surface area contributed by atoms with Crippen LogP contribution in [-0.4, -0.2) is 0 Å². The van der Waals surface area contributed by atoms with Gasteiger partial charge in [-0.1, -0.05) is 48.5 Å². The molecule has 0 unspecified atom stereocenters. The molecule has 0 bridgehead atoms. The molecule has 0 nitrogen and oxygen atoms in total. The van der Waals surface area contributed by atoms with Crippen LogP contribution in [0.25, 0.3) is 32.3 Å². The molecule has 92 valence electrons. The number of halogens is 1. The monoisotopic (exact) mass is 264 g/mol. The van der Waals surface area contributed by atoms with Crippen LogP contribution in [0.1, 0.15) is 11.1 Å². The minimum Gasteiger partial charge on any atom is -0.122 e. The molecule has 0 fully saturated rings. The lowest BCUT2D eigenvalue weighted by molar-refractivity contribution is 1.37. The minimum absolute atomic E-state index is 0.565. The summed E-state index contributed by atoms with van der Waals surface area (Å²) in [5.41, 5.74) is 2.57. The Morgan fingerprint density at radius 3 is 2.00 bits per heavy atom. The van der Waals surface area contributed by atoms with Crippen LogP contribution in [0.3, 0.4) is 0 Å². The number of hydrogen-bond acceptors (Lipinski definition) is 0. The predicted molar refractivity (Wildman–Crippen MR) is 84.4 cm³/mol. The summed E-state index contributed by atoms with van der Waals surface area (Å²) in [7, 11) is 0. The lowest BCUT2D eigenvalue weighted by atomic mass is 9.88. The maximum absolute atomic E-state index is 6.20. The second kappa shape index (κ2) is 3.85. The normalized spacial score (nSPS) is 11.9. The first-order valence-electron chi connectivity index (χ1n) is 6.52. The van der Waals surface area contributed by atoms with E-state index in [2.05, 4.69) is 55.5 Å². The molecule has 4 rings (SSSR count). The third kappa shape index (κ3) is 1.35. The average Bonchev–Trinajstić information content (AvgIpc) is 2.46. The van der Waals surface area contributed by atoms with Crippen molar-refractivity contribution in [2.45, 2.75) is 12.8 Å². The first kappa shape index (κ1) is 11.1. The van der Waals surface area contributed by atoms with E-state index >= 15 is 0 Å². The van der Waals surface area contributed by atoms with Gasteiger partial charge in [0.15, 0.2) is 0 Å². The van der Waals surface area contributed by atoms with Crippen molar-refractivity contribution >= 4 is 43.9 Å². The quantitative estimate of drug-likeness (QED) is 0.309. The molecule has 0 spiro atoms. The predicted octanol–water partition coefficient (Wildman–Crippen LogP) is 5.63. The third-order valence-electron chi connectivity index (χ3n) is 4.20. The van der Waals surface area contributed by atoms with Gasteiger partial charge in [-0.3, -0.25) is 0 Å². The van der Waals surface area contributed by atoms with Crippen LogP contribution in [-0.2, 0) is 5.88 Å². The molecule has 0 aliphatic carbocycles. The maximum atomic E-state index is 6.20. The summed E-state index contributed by atoms with van der Waals surface area (Å²) in [6.07, 6.45) is 0. The minimum atomic E-state index is 0.565.